The quantitative estimate of drug-likeness (QED) is 0.489. The first-order valence-corrected chi connectivity index (χ1v) is 10.9. The van der Waals surface area contributed by atoms with Crippen molar-refractivity contribution in [1.82, 2.24) is 0 Å². The molecule has 0 saturated heterocycles. The molecule has 174 valence electrons. The van der Waals surface area contributed by atoms with Gasteiger partial charge in [0.25, 0.3) is 11.8 Å². The van der Waals surface area contributed by atoms with Crippen LogP contribution in [0.5, 0.6) is 17.2 Å². The summed E-state index contributed by atoms with van der Waals surface area (Å²) in [5.74, 6) is 0.852. The van der Waals surface area contributed by atoms with Gasteiger partial charge in [-0.2, -0.15) is 0 Å². The van der Waals surface area contributed by atoms with Crippen molar-refractivity contribution in [2.75, 3.05) is 31.0 Å². The van der Waals surface area contributed by atoms with Crippen LogP contribution in [0.25, 0.3) is 5.57 Å². The molecule has 3 aromatic rings. The summed E-state index contributed by atoms with van der Waals surface area (Å²) in [7, 11) is 3.06. The minimum atomic E-state index is -0.436. The van der Waals surface area contributed by atoms with Crippen LogP contribution in [0.4, 0.5) is 11.4 Å². The van der Waals surface area contributed by atoms with Gasteiger partial charge in [0.1, 0.15) is 11.4 Å². The summed E-state index contributed by atoms with van der Waals surface area (Å²) < 4.78 is 16.2. The Bertz CT molecular complexity index is 1260. The molecule has 1 N–H and O–H groups in total. The lowest BCUT2D eigenvalue weighted by Crippen LogP contribution is -2.32. The topological polar surface area (TPSA) is 77.1 Å². The summed E-state index contributed by atoms with van der Waals surface area (Å²) >= 11 is 0. The van der Waals surface area contributed by atoms with E-state index in [1.807, 2.05) is 44.2 Å². The molecule has 0 fully saturated rings. The van der Waals surface area contributed by atoms with Crippen LogP contribution in [0.2, 0.25) is 0 Å². The van der Waals surface area contributed by atoms with Crippen molar-refractivity contribution in [1.29, 1.82) is 0 Å². The van der Waals surface area contributed by atoms with Crippen LogP contribution in [0.3, 0.4) is 0 Å². The molecule has 7 heteroatoms. The Labute approximate surface area is 198 Å². The normalized spacial score (nSPS) is 13.4. The van der Waals surface area contributed by atoms with E-state index < -0.39 is 11.8 Å². The third-order valence-corrected chi connectivity index (χ3v) is 5.45. The molecular formula is C27H26N2O5. The van der Waals surface area contributed by atoms with E-state index in [9.17, 15) is 9.59 Å². The summed E-state index contributed by atoms with van der Waals surface area (Å²) in [4.78, 5) is 28.4. The fraction of sp³-hybridized carbons (Fsp3) is 0.185. The van der Waals surface area contributed by atoms with Gasteiger partial charge in [-0.1, -0.05) is 18.2 Å². The van der Waals surface area contributed by atoms with Gasteiger partial charge in [0.15, 0.2) is 11.5 Å². The molecule has 0 saturated carbocycles. The predicted molar refractivity (Wildman–Crippen MR) is 131 cm³/mol. The van der Waals surface area contributed by atoms with Crippen molar-refractivity contribution < 1.29 is 23.8 Å². The number of methoxy groups -OCH3 is 2. The molecule has 0 unspecified atom stereocenters. The molecule has 0 bridgehead atoms. The van der Waals surface area contributed by atoms with Gasteiger partial charge >= 0.3 is 0 Å². The average molecular weight is 459 g/mol. The molecule has 1 aliphatic rings. The van der Waals surface area contributed by atoms with Gasteiger partial charge < -0.3 is 19.5 Å². The second-order valence-corrected chi connectivity index (χ2v) is 7.69. The number of aryl methyl sites for hydroxylation is 1. The molecular weight excluding hydrogens is 432 g/mol. The van der Waals surface area contributed by atoms with Gasteiger partial charge in [-0.05, 0) is 73.5 Å². The van der Waals surface area contributed by atoms with Crippen LogP contribution in [0.15, 0.2) is 72.4 Å². The number of hydrogen-bond acceptors (Lipinski definition) is 6. The number of nitrogens with one attached hydrogen (secondary N) is 1. The summed E-state index contributed by atoms with van der Waals surface area (Å²) in [6.07, 6.45) is 0. The molecule has 0 aromatic heterocycles. The van der Waals surface area contributed by atoms with Gasteiger partial charge in [-0.3, -0.25) is 9.59 Å². The summed E-state index contributed by atoms with van der Waals surface area (Å²) in [6.45, 7) is 4.38. The van der Waals surface area contributed by atoms with E-state index in [1.165, 1.54) is 12.0 Å². The molecule has 2 amide bonds. The SMILES string of the molecule is CCOc1ccc(NC2=C(c3ccc(OC)c(OC)c3)C(=O)N(c3cccc(C)c3)C2=O)cc1. The first-order valence-electron chi connectivity index (χ1n) is 10.9. The second-order valence-electron chi connectivity index (χ2n) is 7.69. The number of imide groups is 1. The number of benzene rings is 3. The Morgan fingerprint density at radius 1 is 0.853 bits per heavy atom. The van der Waals surface area contributed by atoms with Crippen LogP contribution in [-0.4, -0.2) is 32.6 Å². The van der Waals surface area contributed by atoms with Crippen molar-refractivity contribution >= 4 is 28.8 Å². The van der Waals surface area contributed by atoms with Crippen LogP contribution in [0, 0.1) is 6.92 Å². The second kappa shape index (κ2) is 9.70. The zero-order chi connectivity index (χ0) is 24.2. The molecule has 0 radical (unpaired) electrons. The molecule has 1 aliphatic heterocycles. The van der Waals surface area contributed by atoms with Crippen molar-refractivity contribution in [3.63, 3.8) is 0 Å². The number of hydrogen-bond donors (Lipinski definition) is 1. The van der Waals surface area contributed by atoms with E-state index in [4.69, 9.17) is 14.2 Å². The first kappa shape index (κ1) is 22.9. The van der Waals surface area contributed by atoms with Crippen molar-refractivity contribution in [2.45, 2.75) is 13.8 Å². The van der Waals surface area contributed by atoms with Gasteiger partial charge in [-0.25, -0.2) is 4.90 Å². The molecule has 34 heavy (non-hydrogen) atoms. The largest absolute Gasteiger partial charge is 0.494 e. The molecule has 0 atom stereocenters. The highest BCUT2D eigenvalue weighted by molar-refractivity contribution is 6.46. The van der Waals surface area contributed by atoms with E-state index in [1.54, 1.807) is 43.5 Å². The molecule has 1 heterocycles. The zero-order valence-corrected chi connectivity index (χ0v) is 19.5. The van der Waals surface area contributed by atoms with Gasteiger partial charge in [0.2, 0.25) is 0 Å². The number of ether oxygens (including phenoxy) is 3. The number of carbonyl (C=O) groups excluding carboxylic acids is 2. The Kier molecular flexibility index (Phi) is 6.54. The third-order valence-electron chi connectivity index (χ3n) is 5.45. The Morgan fingerprint density at radius 2 is 1.59 bits per heavy atom. The van der Waals surface area contributed by atoms with Crippen molar-refractivity contribution in [3.05, 3.63) is 83.6 Å². The number of nitrogens with zero attached hydrogens (tertiary/aromatic N) is 1. The maximum Gasteiger partial charge on any atom is 0.282 e. The Hall–Kier alpha value is -4.26. The highest BCUT2D eigenvalue weighted by Crippen LogP contribution is 2.37. The smallest absolute Gasteiger partial charge is 0.282 e. The van der Waals surface area contributed by atoms with Crippen LogP contribution in [0.1, 0.15) is 18.1 Å². The average Bonchev–Trinajstić information content (AvgIpc) is 3.09. The summed E-state index contributed by atoms with van der Waals surface area (Å²) in [5.41, 5.74) is 3.09. The van der Waals surface area contributed by atoms with Crippen LogP contribution >= 0.6 is 0 Å². The van der Waals surface area contributed by atoms with E-state index in [2.05, 4.69) is 5.32 Å². The summed E-state index contributed by atoms with van der Waals surface area (Å²) in [6, 6.07) is 19.6. The standard InChI is InChI=1S/C27H26N2O5/c1-5-34-21-12-10-19(11-13-21)28-25-24(18-9-14-22(32-3)23(16-18)33-4)26(30)29(27(25)31)20-8-6-7-17(2)15-20/h6-16,28H,5H2,1-4H3. The van der Waals surface area contributed by atoms with E-state index in [0.717, 1.165) is 11.3 Å². The third kappa shape index (κ3) is 4.32. The maximum absolute atomic E-state index is 13.6. The first-order chi connectivity index (χ1) is 16.5. The van der Waals surface area contributed by atoms with Gasteiger partial charge in [0.05, 0.1) is 32.1 Å². The predicted octanol–water partition coefficient (Wildman–Crippen LogP) is 4.81. The number of rotatable bonds is 8. The fourth-order valence-corrected chi connectivity index (χ4v) is 3.85. The molecule has 7 nitrogen and oxygen atoms in total. The molecule has 4 rings (SSSR count). The molecule has 0 spiro atoms. The van der Waals surface area contributed by atoms with Crippen LogP contribution in [-0.2, 0) is 9.59 Å². The molecule has 3 aromatic carbocycles. The van der Waals surface area contributed by atoms with Gasteiger partial charge in [0, 0.05) is 5.69 Å². The van der Waals surface area contributed by atoms with Crippen molar-refractivity contribution in [2.24, 2.45) is 0 Å². The zero-order valence-electron chi connectivity index (χ0n) is 19.5. The van der Waals surface area contributed by atoms with Crippen molar-refractivity contribution in [3.8, 4) is 17.2 Å². The number of amides is 2. The van der Waals surface area contributed by atoms with E-state index in [0.29, 0.717) is 35.0 Å². The Balaban J connectivity index is 1.81. The lowest BCUT2D eigenvalue weighted by atomic mass is 10.0. The van der Waals surface area contributed by atoms with E-state index in [-0.39, 0.29) is 11.3 Å². The summed E-state index contributed by atoms with van der Waals surface area (Å²) in [5, 5.41) is 3.16. The molecule has 0 aliphatic carbocycles. The minimum Gasteiger partial charge on any atom is -0.494 e. The maximum atomic E-state index is 13.6. The lowest BCUT2D eigenvalue weighted by Gasteiger charge is -2.16. The van der Waals surface area contributed by atoms with E-state index >= 15 is 0 Å². The fourth-order valence-electron chi connectivity index (χ4n) is 3.85. The highest BCUT2D eigenvalue weighted by Gasteiger charge is 2.40. The lowest BCUT2D eigenvalue weighted by molar-refractivity contribution is -0.120. The van der Waals surface area contributed by atoms with Gasteiger partial charge in [-0.15, -0.1) is 0 Å². The highest BCUT2D eigenvalue weighted by atomic mass is 16.5. The Morgan fingerprint density at radius 3 is 2.24 bits per heavy atom. The number of anilines is 2. The number of carbonyl (C=O) groups is 2. The van der Waals surface area contributed by atoms with Crippen LogP contribution < -0.4 is 24.4 Å². The monoisotopic (exact) mass is 458 g/mol. The minimum absolute atomic E-state index is 0.183.